The maximum atomic E-state index is 11.6. The predicted molar refractivity (Wildman–Crippen MR) is 48.4 cm³/mol. The van der Waals surface area contributed by atoms with Gasteiger partial charge in [-0.25, -0.2) is 0 Å². The van der Waals surface area contributed by atoms with Crippen LogP contribution in [0.3, 0.4) is 0 Å². The summed E-state index contributed by atoms with van der Waals surface area (Å²) in [6.45, 7) is 1.49. The second-order valence-electron chi connectivity index (χ2n) is 3.80. The molecule has 0 saturated heterocycles. The van der Waals surface area contributed by atoms with E-state index < -0.39 is 11.9 Å². The Hall–Kier alpha value is -0.860. The van der Waals surface area contributed by atoms with Gasteiger partial charge < -0.3 is 5.11 Å². The SMILES string of the molecule is CC(C(=O)O)C(=O)C1CCCCC1. The quantitative estimate of drug-likeness (QED) is 0.681. The van der Waals surface area contributed by atoms with Gasteiger partial charge in [0.2, 0.25) is 0 Å². The zero-order chi connectivity index (χ0) is 9.84. The Morgan fingerprint density at radius 1 is 1.23 bits per heavy atom. The number of carboxylic acids is 1. The summed E-state index contributed by atoms with van der Waals surface area (Å²) in [5.41, 5.74) is 0. The minimum atomic E-state index is -0.990. The number of carbonyl (C=O) groups excluding carboxylic acids is 1. The smallest absolute Gasteiger partial charge is 0.313 e. The molecule has 1 atom stereocenters. The molecule has 13 heavy (non-hydrogen) atoms. The number of carbonyl (C=O) groups is 2. The molecule has 1 unspecified atom stereocenters. The molecule has 1 N–H and O–H groups in total. The molecule has 1 saturated carbocycles. The Morgan fingerprint density at radius 2 is 1.77 bits per heavy atom. The molecule has 0 amide bonds. The van der Waals surface area contributed by atoms with Crippen molar-refractivity contribution < 1.29 is 14.7 Å². The summed E-state index contributed by atoms with van der Waals surface area (Å²) >= 11 is 0. The fourth-order valence-corrected chi connectivity index (χ4v) is 1.86. The summed E-state index contributed by atoms with van der Waals surface area (Å²) in [6.07, 6.45) is 5.10. The van der Waals surface area contributed by atoms with Crippen LogP contribution in [0.15, 0.2) is 0 Å². The third-order valence-electron chi connectivity index (χ3n) is 2.80. The monoisotopic (exact) mass is 184 g/mol. The third-order valence-corrected chi connectivity index (χ3v) is 2.80. The zero-order valence-electron chi connectivity index (χ0n) is 7.95. The highest BCUT2D eigenvalue weighted by Gasteiger charge is 2.29. The fourth-order valence-electron chi connectivity index (χ4n) is 1.86. The van der Waals surface area contributed by atoms with E-state index in [9.17, 15) is 9.59 Å². The van der Waals surface area contributed by atoms with Gasteiger partial charge in [-0.15, -0.1) is 0 Å². The summed E-state index contributed by atoms with van der Waals surface area (Å²) in [5.74, 6) is -1.87. The minimum absolute atomic E-state index is 0.0137. The van der Waals surface area contributed by atoms with E-state index in [0.717, 1.165) is 25.7 Å². The van der Waals surface area contributed by atoms with Crippen molar-refractivity contribution in [3.63, 3.8) is 0 Å². The van der Waals surface area contributed by atoms with Crippen molar-refractivity contribution in [2.75, 3.05) is 0 Å². The normalized spacial score (nSPS) is 21.0. The Kier molecular flexibility index (Phi) is 3.46. The first-order valence-corrected chi connectivity index (χ1v) is 4.89. The Labute approximate surface area is 78.1 Å². The summed E-state index contributed by atoms with van der Waals surface area (Å²) in [7, 11) is 0. The maximum absolute atomic E-state index is 11.6. The van der Waals surface area contributed by atoms with Crippen LogP contribution in [0.2, 0.25) is 0 Å². The molecule has 1 aliphatic rings. The lowest BCUT2D eigenvalue weighted by atomic mass is 9.82. The molecular formula is C10H16O3. The minimum Gasteiger partial charge on any atom is -0.481 e. The number of Topliss-reactive ketones (excluding diaryl/α,β-unsaturated/α-hetero) is 1. The molecule has 0 aromatic heterocycles. The van der Waals surface area contributed by atoms with Gasteiger partial charge in [-0.3, -0.25) is 9.59 Å². The van der Waals surface area contributed by atoms with Gasteiger partial charge in [-0.2, -0.15) is 0 Å². The van der Waals surface area contributed by atoms with E-state index in [4.69, 9.17) is 5.11 Å². The molecule has 1 rings (SSSR count). The molecule has 3 nitrogen and oxygen atoms in total. The first kappa shape index (κ1) is 10.2. The van der Waals surface area contributed by atoms with Gasteiger partial charge in [-0.1, -0.05) is 19.3 Å². The van der Waals surface area contributed by atoms with Crippen LogP contribution in [0.25, 0.3) is 0 Å². The van der Waals surface area contributed by atoms with Crippen molar-refractivity contribution in [3.05, 3.63) is 0 Å². The summed E-state index contributed by atoms with van der Waals surface area (Å²) in [5, 5.41) is 8.66. The van der Waals surface area contributed by atoms with Crippen LogP contribution >= 0.6 is 0 Å². The van der Waals surface area contributed by atoms with Gasteiger partial charge in [0.25, 0.3) is 0 Å². The largest absolute Gasteiger partial charge is 0.481 e. The van der Waals surface area contributed by atoms with Gasteiger partial charge in [0.1, 0.15) is 11.7 Å². The summed E-state index contributed by atoms with van der Waals surface area (Å²) in [4.78, 5) is 22.1. The Morgan fingerprint density at radius 3 is 2.23 bits per heavy atom. The molecule has 0 radical (unpaired) electrons. The number of aliphatic carboxylic acids is 1. The van der Waals surface area contributed by atoms with Crippen molar-refractivity contribution in [2.45, 2.75) is 39.0 Å². The molecule has 0 aromatic rings. The van der Waals surface area contributed by atoms with Gasteiger partial charge in [0.05, 0.1) is 0 Å². The van der Waals surface area contributed by atoms with E-state index in [0.29, 0.717) is 0 Å². The first-order valence-electron chi connectivity index (χ1n) is 4.89. The van der Waals surface area contributed by atoms with E-state index in [1.165, 1.54) is 13.3 Å². The molecule has 0 aliphatic heterocycles. The molecule has 0 bridgehead atoms. The third kappa shape index (κ3) is 2.54. The highest BCUT2D eigenvalue weighted by Crippen LogP contribution is 2.26. The number of carboxylic acid groups (broad SMARTS) is 1. The van der Waals surface area contributed by atoms with E-state index >= 15 is 0 Å². The lowest BCUT2D eigenvalue weighted by Gasteiger charge is -2.21. The van der Waals surface area contributed by atoms with Gasteiger partial charge in [-0.05, 0) is 19.8 Å². The molecule has 74 valence electrons. The second kappa shape index (κ2) is 4.40. The zero-order valence-corrected chi connectivity index (χ0v) is 7.95. The van der Waals surface area contributed by atoms with Gasteiger partial charge >= 0.3 is 5.97 Å². The van der Waals surface area contributed by atoms with Crippen LogP contribution in [0.5, 0.6) is 0 Å². The lowest BCUT2D eigenvalue weighted by molar-refractivity contribution is -0.147. The average Bonchev–Trinajstić information content (AvgIpc) is 2.17. The second-order valence-corrected chi connectivity index (χ2v) is 3.80. The highest BCUT2D eigenvalue weighted by atomic mass is 16.4. The van der Waals surface area contributed by atoms with E-state index in [1.54, 1.807) is 0 Å². The highest BCUT2D eigenvalue weighted by molar-refractivity contribution is 5.98. The van der Waals surface area contributed by atoms with E-state index in [1.807, 2.05) is 0 Å². The Bertz CT molecular complexity index is 204. The van der Waals surface area contributed by atoms with Crippen LogP contribution in [0.4, 0.5) is 0 Å². The number of ketones is 1. The molecule has 0 spiro atoms. The van der Waals surface area contributed by atoms with Crippen LogP contribution in [0.1, 0.15) is 39.0 Å². The van der Waals surface area contributed by atoms with Gasteiger partial charge in [0.15, 0.2) is 0 Å². The molecule has 1 aliphatic carbocycles. The van der Waals surface area contributed by atoms with Crippen molar-refractivity contribution in [1.82, 2.24) is 0 Å². The van der Waals surface area contributed by atoms with Gasteiger partial charge in [0, 0.05) is 5.92 Å². The summed E-state index contributed by atoms with van der Waals surface area (Å²) in [6, 6.07) is 0. The van der Waals surface area contributed by atoms with Crippen LogP contribution in [-0.4, -0.2) is 16.9 Å². The topological polar surface area (TPSA) is 54.4 Å². The van der Waals surface area contributed by atoms with Crippen LogP contribution < -0.4 is 0 Å². The molecular weight excluding hydrogens is 168 g/mol. The van der Waals surface area contributed by atoms with Crippen LogP contribution in [0, 0.1) is 11.8 Å². The standard InChI is InChI=1S/C10H16O3/c1-7(10(12)13)9(11)8-5-3-2-4-6-8/h7-8H,2-6H2,1H3,(H,12,13). The van der Waals surface area contributed by atoms with Crippen molar-refractivity contribution in [1.29, 1.82) is 0 Å². The van der Waals surface area contributed by atoms with E-state index in [2.05, 4.69) is 0 Å². The van der Waals surface area contributed by atoms with Crippen molar-refractivity contribution in [2.24, 2.45) is 11.8 Å². The molecule has 0 heterocycles. The van der Waals surface area contributed by atoms with Crippen molar-refractivity contribution >= 4 is 11.8 Å². The molecule has 1 fully saturated rings. The maximum Gasteiger partial charge on any atom is 0.313 e. The fraction of sp³-hybridized carbons (Fsp3) is 0.800. The Balaban J connectivity index is 2.50. The summed E-state index contributed by atoms with van der Waals surface area (Å²) < 4.78 is 0. The molecule has 3 heteroatoms. The molecule has 0 aromatic carbocycles. The average molecular weight is 184 g/mol. The van der Waals surface area contributed by atoms with Crippen molar-refractivity contribution in [3.8, 4) is 0 Å². The number of hydrogen-bond donors (Lipinski definition) is 1. The lowest BCUT2D eigenvalue weighted by Crippen LogP contribution is -2.28. The number of rotatable bonds is 3. The first-order chi connectivity index (χ1) is 6.13. The number of hydrogen-bond acceptors (Lipinski definition) is 2. The predicted octanol–water partition coefficient (Wildman–Crippen LogP) is 1.86. The van der Waals surface area contributed by atoms with E-state index in [-0.39, 0.29) is 11.7 Å². The van der Waals surface area contributed by atoms with Crippen LogP contribution in [-0.2, 0) is 9.59 Å².